The summed E-state index contributed by atoms with van der Waals surface area (Å²) in [5.74, 6) is -1.61. The second kappa shape index (κ2) is 6.81. The van der Waals surface area contributed by atoms with E-state index in [0.29, 0.717) is 0 Å². The molecular weight excluding hydrogens is 281 g/mol. The molecule has 0 fully saturated rings. The molecule has 0 saturated carbocycles. The number of nitrogens with one attached hydrogen (secondary N) is 1. The summed E-state index contributed by atoms with van der Waals surface area (Å²) >= 11 is 1.48. The molecule has 104 valence electrons. The fraction of sp³-hybridized carbons (Fsp3) is 0.143. The van der Waals surface area contributed by atoms with Crippen LogP contribution in [0.5, 0.6) is 0 Å². The zero-order valence-electron chi connectivity index (χ0n) is 10.5. The van der Waals surface area contributed by atoms with E-state index >= 15 is 0 Å². The van der Waals surface area contributed by atoms with Gasteiger partial charge < -0.3 is 10.1 Å². The molecule has 6 heteroatoms. The highest BCUT2D eigenvalue weighted by molar-refractivity contribution is 7.07. The Morgan fingerprint density at radius 2 is 2.05 bits per heavy atom. The number of esters is 1. The summed E-state index contributed by atoms with van der Waals surface area (Å²) in [6.45, 7) is -0.433. The molecule has 0 atom stereocenters. The molecule has 1 amide bonds. The molecule has 1 N–H and O–H groups in total. The van der Waals surface area contributed by atoms with Crippen molar-refractivity contribution >= 4 is 28.9 Å². The Balaban J connectivity index is 1.78. The lowest BCUT2D eigenvalue weighted by molar-refractivity contribution is -0.146. The minimum absolute atomic E-state index is 0.0615. The van der Waals surface area contributed by atoms with E-state index in [1.54, 1.807) is 6.07 Å². The number of para-hydroxylation sites is 1. The standard InChI is InChI=1S/C14H12FNO3S/c15-11-3-1-2-4-12(11)16-13(17)8-19-14(18)7-10-5-6-20-9-10/h1-6,9H,7-8H2,(H,16,17). The maximum Gasteiger partial charge on any atom is 0.310 e. The van der Waals surface area contributed by atoms with Gasteiger partial charge in [0.25, 0.3) is 5.91 Å². The molecule has 1 aromatic heterocycles. The maximum atomic E-state index is 13.3. The molecule has 0 unspecified atom stereocenters. The third kappa shape index (κ3) is 4.17. The van der Waals surface area contributed by atoms with Crippen LogP contribution in [0.3, 0.4) is 0 Å². The molecule has 2 rings (SSSR count). The Labute approximate surface area is 119 Å². The molecule has 4 nitrogen and oxygen atoms in total. The van der Waals surface area contributed by atoms with E-state index in [0.717, 1.165) is 5.56 Å². The Bertz CT molecular complexity index is 598. The molecule has 0 spiro atoms. The van der Waals surface area contributed by atoms with Crippen LogP contribution in [0, 0.1) is 5.82 Å². The van der Waals surface area contributed by atoms with Crippen molar-refractivity contribution < 1.29 is 18.7 Å². The molecule has 0 aliphatic heterocycles. The van der Waals surface area contributed by atoms with Crippen LogP contribution in [-0.4, -0.2) is 18.5 Å². The lowest BCUT2D eigenvalue weighted by Crippen LogP contribution is -2.22. The van der Waals surface area contributed by atoms with E-state index in [4.69, 9.17) is 4.74 Å². The average molecular weight is 293 g/mol. The molecule has 0 aliphatic rings. The number of hydrogen-bond acceptors (Lipinski definition) is 4. The minimum Gasteiger partial charge on any atom is -0.455 e. The lowest BCUT2D eigenvalue weighted by atomic mass is 10.2. The van der Waals surface area contributed by atoms with Gasteiger partial charge in [-0.05, 0) is 34.5 Å². The van der Waals surface area contributed by atoms with Crippen LogP contribution in [0.25, 0.3) is 0 Å². The number of hydrogen-bond donors (Lipinski definition) is 1. The molecule has 0 radical (unpaired) electrons. The molecule has 1 aromatic carbocycles. The van der Waals surface area contributed by atoms with Crippen molar-refractivity contribution in [2.45, 2.75) is 6.42 Å². The first kappa shape index (κ1) is 14.2. The number of thiophene rings is 1. The van der Waals surface area contributed by atoms with Gasteiger partial charge in [0.15, 0.2) is 6.61 Å². The molecule has 0 bridgehead atoms. The number of amides is 1. The van der Waals surface area contributed by atoms with Gasteiger partial charge in [0.2, 0.25) is 0 Å². The van der Waals surface area contributed by atoms with Gasteiger partial charge in [-0.15, -0.1) is 0 Å². The van der Waals surface area contributed by atoms with Crippen molar-refractivity contribution in [3.8, 4) is 0 Å². The highest BCUT2D eigenvalue weighted by Gasteiger charge is 2.10. The van der Waals surface area contributed by atoms with Crippen molar-refractivity contribution in [1.29, 1.82) is 0 Å². The number of benzene rings is 1. The molecule has 0 saturated heterocycles. The van der Waals surface area contributed by atoms with Gasteiger partial charge in [0.1, 0.15) is 5.82 Å². The Kier molecular flexibility index (Phi) is 4.84. The fourth-order valence-corrected chi connectivity index (χ4v) is 2.17. The van der Waals surface area contributed by atoms with Gasteiger partial charge in [-0.1, -0.05) is 12.1 Å². The highest BCUT2D eigenvalue weighted by Crippen LogP contribution is 2.12. The maximum absolute atomic E-state index is 13.3. The van der Waals surface area contributed by atoms with E-state index in [1.807, 2.05) is 16.8 Å². The van der Waals surface area contributed by atoms with Gasteiger partial charge in [-0.3, -0.25) is 9.59 Å². The number of ether oxygens (including phenoxy) is 1. The van der Waals surface area contributed by atoms with Gasteiger partial charge in [0.05, 0.1) is 12.1 Å². The normalized spacial score (nSPS) is 10.1. The van der Waals surface area contributed by atoms with E-state index in [9.17, 15) is 14.0 Å². The van der Waals surface area contributed by atoms with Crippen LogP contribution < -0.4 is 5.32 Å². The third-order valence-electron chi connectivity index (χ3n) is 2.44. The highest BCUT2D eigenvalue weighted by atomic mass is 32.1. The summed E-state index contributed by atoms with van der Waals surface area (Å²) in [6.07, 6.45) is 0.122. The van der Waals surface area contributed by atoms with Crippen LogP contribution in [0.2, 0.25) is 0 Å². The van der Waals surface area contributed by atoms with Crippen molar-refractivity contribution in [1.82, 2.24) is 0 Å². The van der Waals surface area contributed by atoms with Crippen LogP contribution in [0.4, 0.5) is 10.1 Å². The molecular formula is C14H12FNO3S. The van der Waals surface area contributed by atoms with Crippen molar-refractivity contribution in [2.75, 3.05) is 11.9 Å². The SMILES string of the molecule is O=C(COC(=O)Cc1ccsc1)Nc1ccccc1F. The average Bonchev–Trinajstić information content (AvgIpc) is 2.92. The summed E-state index contributed by atoms with van der Waals surface area (Å²) in [4.78, 5) is 23.0. The van der Waals surface area contributed by atoms with Crippen molar-refractivity contribution in [3.63, 3.8) is 0 Å². The first-order chi connectivity index (χ1) is 9.65. The predicted octanol–water partition coefficient (Wildman–Crippen LogP) is 2.61. The lowest BCUT2D eigenvalue weighted by Gasteiger charge is -2.06. The van der Waals surface area contributed by atoms with Gasteiger partial charge in [0, 0.05) is 0 Å². The van der Waals surface area contributed by atoms with Crippen LogP contribution in [-0.2, 0) is 20.7 Å². The molecule has 1 heterocycles. The Hall–Kier alpha value is -2.21. The zero-order chi connectivity index (χ0) is 14.4. The molecule has 0 aliphatic carbocycles. The van der Waals surface area contributed by atoms with E-state index in [-0.39, 0.29) is 12.1 Å². The predicted molar refractivity (Wildman–Crippen MR) is 74.0 cm³/mol. The topological polar surface area (TPSA) is 55.4 Å². The van der Waals surface area contributed by atoms with E-state index in [1.165, 1.54) is 29.5 Å². The largest absolute Gasteiger partial charge is 0.455 e. The first-order valence-electron chi connectivity index (χ1n) is 5.86. The molecule has 20 heavy (non-hydrogen) atoms. The summed E-state index contributed by atoms with van der Waals surface area (Å²) < 4.78 is 18.1. The molecule has 2 aromatic rings. The van der Waals surface area contributed by atoms with Gasteiger partial charge in [-0.25, -0.2) is 4.39 Å². The van der Waals surface area contributed by atoms with E-state index in [2.05, 4.69) is 5.32 Å². The number of carbonyl (C=O) groups is 2. The number of carbonyl (C=O) groups excluding carboxylic acids is 2. The fourth-order valence-electron chi connectivity index (χ4n) is 1.51. The van der Waals surface area contributed by atoms with Crippen molar-refractivity contribution in [2.24, 2.45) is 0 Å². The van der Waals surface area contributed by atoms with Crippen LogP contribution in [0.1, 0.15) is 5.56 Å². The zero-order valence-corrected chi connectivity index (χ0v) is 11.3. The smallest absolute Gasteiger partial charge is 0.310 e. The van der Waals surface area contributed by atoms with Crippen LogP contribution in [0.15, 0.2) is 41.1 Å². The summed E-state index contributed by atoms with van der Waals surface area (Å²) in [6, 6.07) is 7.59. The monoisotopic (exact) mass is 293 g/mol. The summed E-state index contributed by atoms with van der Waals surface area (Å²) in [7, 11) is 0. The first-order valence-corrected chi connectivity index (χ1v) is 6.80. The van der Waals surface area contributed by atoms with E-state index < -0.39 is 24.3 Å². The van der Waals surface area contributed by atoms with Crippen molar-refractivity contribution in [3.05, 3.63) is 52.5 Å². The van der Waals surface area contributed by atoms with Gasteiger partial charge in [-0.2, -0.15) is 11.3 Å². The number of anilines is 1. The second-order valence-corrected chi connectivity index (χ2v) is 4.78. The Morgan fingerprint density at radius 1 is 1.25 bits per heavy atom. The van der Waals surface area contributed by atoms with Crippen LogP contribution >= 0.6 is 11.3 Å². The quantitative estimate of drug-likeness (QED) is 0.862. The summed E-state index contributed by atoms with van der Waals surface area (Å²) in [5.41, 5.74) is 0.904. The third-order valence-corrected chi connectivity index (χ3v) is 3.17. The second-order valence-electron chi connectivity index (χ2n) is 4.00. The van der Waals surface area contributed by atoms with Gasteiger partial charge >= 0.3 is 5.97 Å². The number of halogens is 1. The minimum atomic E-state index is -0.575. The number of rotatable bonds is 5. The summed E-state index contributed by atoms with van der Waals surface area (Å²) in [5, 5.41) is 6.02. The Morgan fingerprint density at radius 3 is 2.75 bits per heavy atom.